The highest BCUT2D eigenvalue weighted by Gasteiger charge is 2.54. The first kappa shape index (κ1) is 18.6. The van der Waals surface area contributed by atoms with Gasteiger partial charge in [-0.2, -0.15) is 0 Å². The van der Waals surface area contributed by atoms with Crippen molar-refractivity contribution < 1.29 is 14.6 Å². The van der Waals surface area contributed by atoms with E-state index in [1.54, 1.807) is 6.20 Å². The average Bonchev–Trinajstić information content (AvgIpc) is 3.19. The van der Waals surface area contributed by atoms with Gasteiger partial charge in [-0.3, -0.25) is 4.79 Å². The van der Waals surface area contributed by atoms with Gasteiger partial charge >= 0.3 is 0 Å². The number of rotatable bonds is 4. The summed E-state index contributed by atoms with van der Waals surface area (Å²) in [5, 5.41) is 18.9. The van der Waals surface area contributed by atoms with Crippen LogP contribution >= 0.6 is 0 Å². The lowest BCUT2D eigenvalue weighted by Gasteiger charge is -2.58. The molecule has 2 aromatic rings. The fraction of sp³-hybridized carbons (Fsp3) is 0.652. The fourth-order valence-corrected chi connectivity index (χ4v) is 6.82. The fourth-order valence-electron chi connectivity index (χ4n) is 6.82. The van der Waals surface area contributed by atoms with Crippen molar-refractivity contribution in [2.24, 2.45) is 17.8 Å². The van der Waals surface area contributed by atoms with Crippen molar-refractivity contribution in [2.45, 2.75) is 62.6 Å². The van der Waals surface area contributed by atoms with Gasteiger partial charge in [-0.15, -0.1) is 0 Å². The number of nitrogens with one attached hydrogen (secondary N) is 3. The minimum absolute atomic E-state index is 0.0672. The van der Waals surface area contributed by atoms with Crippen molar-refractivity contribution >= 4 is 22.6 Å². The number of carbonyl (C=O) groups is 1. The Morgan fingerprint density at radius 3 is 2.70 bits per heavy atom. The topological polar surface area (TPSA) is 99.3 Å². The lowest BCUT2D eigenvalue weighted by molar-refractivity contribution is -0.129. The van der Waals surface area contributed by atoms with Crippen LogP contribution in [0.1, 0.15) is 55.3 Å². The summed E-state index contributed by atoms with van der Waals surface area (Å²) in [7, 11) is 0. The van der Waals surface area contributed by atoms with Gasteiger partial charge in [0.25, 0.3) is 5.91 Å². The molecule has 4 bridgehead atoms. The zero-order valence-electron chi connectivity index (χ0n) is 17.2. The van der Waals surface area contributed by atoms with Crippen molar-refractivity contribution in [3.8, 4) is 0 Å². The van der Waals surface area contributed by atoms with Crippen molar-refractivity contribution in [1.29, 1.82) is 0 Å². The predicted octanol–water partition coefficient (Wildman–Crippen LogP) is 2.82. The molecule has 0 spiro atoms. The molecule has 7 rings (SSSR count). The van der Waals surface area contributed by atoms with Gasteiger partial charge in [-0.1, -0.05) is 0 Å². The van der Waals surface area contributed by atoms with E-state index < -0.39 is 5.60 Å². The molecular weight excluding hydrogens is 380 g/mol. The first-order chi connectivity index (χ1) is 14.6. The third-order valence-electron chi connectivity index (χ3n) is 7.94. The molecule has 2 unspecified atom stereocenters. The maximum Gasteiger partial charge on any atom is 0.255 e. The van der Waals surface area contributed by atoms with Crippen LogP contribution in [0.3, 0.4) is 0 Å². The summed E-state index contributed by atoms with van der Waals surface area (Å²) in [6, 6.07) is 2.45. The number of aliphatic hydroxyl groups is 1. The number of ether oxygens (including phenoxy) is 1. The lowest BCUT2D eigenvalue weighted by Crippen LogP contribution is -2.59. The van der Waals surface area contributed by atoms with E-state index in [9.17, 15) is 9.90 Å². The van der Waals surface area contributed by atoms with Crippen molar-refractivity contribution in [1.82, 2.24) is 15.3 Å². The van der Waals surface area contributed by atoms with Crippen LogP contribution in [0, 0.1) is 17.8 Å². The molecule has 1 amide bonds. The molecule has 7 heteroatoms. The van der Waals surface area contributed by atoms with E-state index >= 15 is 0 Å². The zero-order chi connectivity index (χ0) is 20.3. The van der Waals surface area contributed by atoms with Gasteiger partial charge in [-0.25, -0.2) is 4.98 Å². The van der Waals surface area contributed by atoms with E-state index in [-0.39, 0.29) is 11.9 Å². The van der Waals surface area contributed by atoms with Gasteiger partial charge in [-0.05, 0) is 68.8 Å². The Bertz CT molecular complexity index is 951. The van der Waals surface area contributed by atoms with Gasteiger partial charge in [0.05, 0.1) is 16.9 Å². The van der Waals surface area contributed by atoms with Crippen LogP contribution in [0.25, 0.3) is 11.0 Å². The number of H-pyrrole nitrogens is 1. The molecule has 1 aliphatic heterocycles. The quantitative estimate of drug-likeness (QED) is 0.621. The van der Waals surface area contributed by atoms with Crippen LogP contribution in [0.2, 0.25) is 0 Å². The third-order valence-corrected chi connectivity index (χ3v) is 7.94. The molecule has 4 N–H and O–H groups in total. The molecule has 5 aliphatic rings. The molecule has 4 saturated carbocycles. The minimum atomic E-state index is -0.459. The second-order valence-electron chi connectivity index (χ2n) is 10.0. The minimum Gasteiger partial charge on any atom is -0.390 e. The van der Waals surface area contributed by atoms with E-state index in [4.69, 9.17) is 4.74 Å². The number of fused-ring (bicyclic) bond motifs is 1. The van der Waals surface area contributed by atoms with Crippen LogP contribution in [-0.2, 0) is 4.74 Å². The summed E-state index contributed by atoms with van der Waals surface area (Å²) in [6.45, 7) is 1.39. The molecule has 1 saturated heterocycles. The number of carbonyl (C=O) groups excluding carboxylic acids is 1. The Morgan fingerprint density at radius 2 is 1.97 bits per heavy atom. The number of pyridine rings is 1. The standard InChI is InChI=1S/C23H30N4O3/c28-22(26-16-2-5-30-6-3-16)18-12-25-21-17(1-4-24-21)20(18)27-19-14-7-13-8-15(19)11-23(29,9-13)10-14/h1,4,12-16,19,29H,2-3,5-11H2,(H,26,28)(H2,24,25,27)/t13?,14?,15?,19-,23+. The molecule has 7 nitrogen and oxygen atoms in total. The van der Waals surface area contributed by atoms with E-state index in [1.807, 2.05) is 12.3 Å². The van der Waals surface area contributed by atoms with Crippen molar-refractivity contribution in [3.05, 3.63) is 24.0 Å². The monoisotopic (exact) mass is 410 g/mol. The normalized spacial score (nSPS) is 35.6. The maximum absolute atomic E-state index is 13.2. The van der Waals surface area contributed by atoms with Crippen LogP contribution in [0.4, 0.5) is 5.69 Å². The van der Waals surface area contributed by atoms with Gasteiger partial charge in [0.1, 0.15) is 5.65 Å². The smallest absolute Gasteiger partial charge is 0.255 e. The zero-order valence-corrected chi connectivity index (χ0v) is 17.2. The van der Waals surface area contributed by atoms with Crippen LogP contribution < -0.4 is 10.6 Å². The molecule has 0 radical (unpaired) electrons. The number of aromatic amines is 1. The first-order valence-corrected chi connectivity index (χ1v) is 11.4. The molecule has 2 atom stereocenters. The summed E-state index contributed by atoms with van der Waals surface area (Å²) in [5.74, 6) is 1.53. The second-order valence-corrected chi connectivity index (χ2v) is 10.0. The molecule has 0 aromatic carbocycles. The van der Waals surface area contributed by atoms with Crippen molar-refractivity contribution in [2.75, 3.05) is 18.5 Å². The number of nitrogens with zero attached hydrogens (tertiary/aromatic N) is 1. The Labute approximate surface area is 176 Å². The maximum atomic E-state index is 13.2. The Hall–Kier alpha value is -2.12. The predicted molar refractivity (Wildman–Crippen MR) is 113 cm³/mol. The van der Waals surface area contributed by atoms with Gasteiger partial charge < -0.3 is 25.5 Å². The number of aromatic nitrogens is 2. The highest BCUT2D eigenvalue weighted by atomic mass is 16.5. The lowest BCUT2D eigenvalue weighted by atomic mass is 9.52. The molecular formula is C23H30N4O3. The molecule has 160 valence electrons. The largest absolute Gasteiger partial charge is 0.390 e. The van der Waals surface area contributed by atoms with Gasteiger partial charge in [0.2, 0.25) is 0 Å². The molecule has 5 fully saturated rings. The molecule has 3 heterocycles. The Kier molecular flexibility index (Phi) is 4.32. The Morgan fingerprint density at radius 1 is 1.20 bits per heavy atom. The summed E-state index contributed by atoms with van der Waals surface area (Å²) < 4.78 is 5.42. The summed E-state index contributed by atoms with van der Waals surface area (Å²) >= 11 is 0. The average molecular weight is 411 g/mol. The van der Waals surface area contributed by atoms with Crippen LogP contribution in [0.5, 0.6) is 0 Å². The van der Waals surface area contributed by atoms with E-state index in [0.717, 1.165) is 48.8 Å². The summed E-state index contributed by atoms with van der Waals surface area (Å²) in [4.78, 5) is 20.9. The number of hydrogen-bond acceptors (Lipinski definition) is 5. The molecule has 30 heavy (non-hydrogen) atoms. The second kappa shape index (κ2) is 6.95. The van der Waals surface area contributed by atoms with Crippen LogP contribution in [-0.4, -0.2) is 51.9 Å². The molecule has 2 aromatic heterocycles. The highest BCUT2D eigenvalue weighted by Crippen LogP contribution is 2.56. The molecule has 4 aliphatic carbocycles. The van der Waals surface area contributed by atoms with E-state index in [0.29, 0.717) is 42.6 Å². The SMILES string of the molecule is O=C(NC1CCOCC1)c1cnc2[nH]ccc2c1N[C@H]1C2CC3CC1C[C@@](O)(C3)C2. The van der Waals surface area contributed by atoms with Crippen LogP contribution in [0.15, 0.2) is 18.5 Å². The Balaban J connectivity index is 1.31. The van der Waals surface area contributed by atoms with Crippen molar-refractivity contribution in [3.63, 3.8) is 0 Å². The first-order valence-electron chi connectivity index (χ1n) is 11.4. The number of hydrogen-bond donors (Lipinski definition) is 4. The highest BCUT2D eigenvalue weighted by molar-refractivity contribution is 6.06. The number of anilines is 1. The summed E-state index contributed by atoms with van der Waals surface area (Å²) in [6.07, 6.45) is 10.4. The summed E-state index contributed by atoms with van der Waals surface area (Å²) in [5.41, 5.74) is 1.83. The van der Waals surface area contributed by atoms with E-state index in [2.05, 4.69) is 20.6 Å². The third kappa shape index (κ3) is 3.10. The van der Waals surface area contributed by atoms with Gasteiger partial charge in [0.15, 0.2) is 0 Å². The number of amides is 1. The van der Waals surface area contributed by atoms with Gasteiger partial charge in [0, 0.05) is 43.1 Å². The van der Waals surface area contributed by atoms with E-state index in [1.165, 1.54) is 12.8 Å².